The van der Waals surface area contributed by atoms with E-state index in [1.54, 1.807) is 23.9 Å². The number of hydrogen-bond acceptors (Lipinski definition) is 8. The van der Waals surface area contributed by atoms with Crippen molar-refractivity contribution in [2.45, 2.75) is 50.4 Å². The third-order valence-electron chi connectivity index (χ3n) is 5.32. The molecule has 2 aromatic rings. The van der Waals surface area contributed by atoms with E-state index in [2.05, 4.69) is 25.9 Å². The van der Waals surface area contributed by atoms with Crippen LogP contribution in [0.2, 0.25) is 0 Å². The molecular weight excluding hydrogens is 488 g/mol. The van der Waals surface area contributed by atoms with Gasteiger partial charge in [0.2, 0.25) is 17.7 Å². The first-order valence-electron chi connectivity index (χ1n) is 11.2. The molecule has 0 bridgehead atoms. The van der Waals surface area contributed by atoms with Crippen molar-refractivity contribution < 1.29 is 29.4 Å². The highest BCUT2D eigenvalue weighted by molar-refractivity contribution is 7.98. The van der Waals surface area contributed by atoms with Gasteiger partial charge in [0.05, 0.1) is 12.4 Å². The molecule has 0 aliphatic carbocycles. The molecule has 13 heteroatoms. The summed E-state index contributed by atoms with van der Waals surface area (Å²) in [6.45, 7) is 1.30. The molecule has 36 heavy (non-hydrogen) atoms. The van der Waals surface area contributed by atoms with Gasteiger partial charge in [-0.05, 0) is 43.0 Å². The molecule has 1 heterocycles. The number of rotatable bonds is 14. The summed E-state index contributed by atoms with van der Waals surface area (Å²) in [6.07, 6.45) is 5.34. The summed E-state index contributed by atoms with van der Waals surface area (Å²) < 4.78 is 0. The lowest BCUT2D eigenvalue weighted by Gasteiger charge is -2.24. The van der Waals surface area contributed by atoms with Crippen LogP contribution in [0.15, 0.2) is 36.8 Å². The average molecular weight is 521 g/mol. The fraction of sp³-hybridized carbons (Fsp3) is 0.435. The minimum absolute atomic E-state index is 0.0160. The number of aromatic amines is 1. The molecule has 1 aromatic heterocycles. The number of carboxylic acid groups (broad SMARTS) is 1. The summed E-state index contributed by atoms with van der Waals surface area (Å²) in [7, 11) is 0. The maximum Gasteiger partial charge on any atom is 0.325 e. The number of phenols is 1. The highest BCUT2D eigenvalue weighted by atomic mass is 32.2. The Balaban J connectivity index is 2.23. The summed E-state index contributed by atoms with van der Waals surface area (Å²) in [4.78, 5) is 56.8. The van der Waals surface area contributed by atoms with Crippen LogP contribution in [0.25, 0.3) is 0 Å². The van der Waals surface area contributed by atoms with Crippen LogP contribution >= 0.6 is 11.8 Å². The number of amides is 3. The maximum atomic E-state index is 13.3. The van der Waals surface area contributed by atoms with Crippen molar-refractivity contribution in [2.75, 3.05) is 12.0 Å². The summed E-state index contributed by atoms with van der Waals surface area (Å²) in [5.41, 5.74) is 7.15. The number of thioether (sulfide) groups is 1. The Morgan fingerprint density at radius 1 is 1.03 bits per heavy atom. The number of aromatic hydroxyl groups is 1. The van der Waals surface area contributed by atoms with E-state index in [0.717, 1.165) is 0 Å². The Hall–Kier alpha value is -3.58. The summed E-state index contributed by atoms with van der Waals surface area (Å²) in [5, 5.41) is 26.3. The number of aliphatic carboxylic acids is 1. The number of benzene rings is 1. The van der Waals surface area contributed by atoms with Crippen LogP contribution in [0.5, 0.6) is 5.75 Å². The van der Waals surface area contributed by atoms with Crippen molar-refractivity contribution >= 4 is 35.5 Å². The molecule has 12 nitrogen and oxygen atoms in total. The SMILES string of the molecule is CSCCC(N)C(=O)NC(Cc1cnc[nH]1)C(=O)NC(Cc1ccc(O)cc1)C(=O)NC(C)C(=O)O. The van der Waals surface area contributed by atoms with Crippen molar-refractivity contribution in [3.05, 3.63) is 48.0 Å². The van der Waals surface area contributed by atoms with Gasteiger partial charge in [-0.15, -0.1) is 0 Å². The smallest absolute Gasteiger partial charge is 0.325 e. The predicted octanol–water partition coefficient (Wildman–Crippen LogP) is -0.460. The van der Waals surface area contributed by atoms with Crippen molar-refractivity contribution in [1.82, 2.24) is 25.9 Å². The van der Waals surface area contributed by atoms with Crippen LogP contribution < -0.4 is 21.7 Å². The standard InChI is InChI=1S/C23H32N6O6S/c1-13(23(34)35)27-21(32)18(9-14-3-5-16(30)6-4-14)29-22(33)19(10-15-11-25-12-26-15)28-20(31)17(24)7-8-36-2/h3-6,11-13,17-19,30H,7-10,24H2,1-2H3,(H,25,26)(H,27,32)(H,28,31)(H,29,33)(H,34,35). The quantitative estimate of drug-likeness (QED) is 0.172. The molecule has 0 saturated carbocycles. The number of aromatic nitrogens is 2. The number of phenolic OH excluding ortho intramolecular Hbond substituents is 1. The number of nitrogens with zero attached hydrogens (tertiary/aromatic N) is 1. The van der Waals surface area contributed by atoms with Crippen molar-refractivity contribution in [3.8, 4) is 5.75 Å². The lowest BCUT2D eigenvalue weighted by molar-refractivity contribution is -0.141. The Bertz CT molecular complexity index is 1020. The first-order valence-corrected chi connectivity index (χ1v) is 12.6. The van der Waals surface area contributed by atoms with Crippen LogP contribution in [-0.4, -0.2) is 80.0 Å². The number of carboxylic acids is 1. The summed E-state index contributed by atoms with van der Waals surface area (Å²) in [5.74, 6) is -2.41. The number of carbonyl (C=O) groups excluding carboxylic acids is 3. The van der Waals surface area contributed by atoms with E-state index in [1.165, 1.54) is 31.6 Å². The average Bonchev–Trinajstić information content (AvgIpc) is 3.35. The zero-order chi connectivity index (χ0) is 26.7. The first-order chi connectivity index (χ1) is 17.1. The van der Waals surface area contributed by atoms with E-state index in [-0.39, 0.29) is 18.6 Å². The molecule has 196 valence electrons. The summed E-state index contributed by atoms with van der Waals surface area (Å²) in [6, 6.07) is 1.79. The van der Waals surface area contributed by atoms with Gasteiger partial charge >= 0.3 is 5.97 Å². The van der Waals surface area contributed by atoms with Crippen LogP contribution in [-0.2, 0) is 32.0 Å². The van der Waals surface area contributed by atoms with Crippen LogP contribution in [0.1, 0.15) is 24.6 Å². The molecule has 8 N–H and O–H groups in total. The van der Waals surface area contributed by atoms with Crippen LogP contribution in [0, 0.1) is 0 Å². The molecule has 0 fully saturated rings. The first kappa shape index (κ1) is 28.7. The number of nitrogens with two attached hydrogens (primary N) is 1. The van der Waals surface area contributed by atoms with Gasteiger partial charge in [0.1, 0.15) is 23.9 Å². The van der Waals surface area contributed by atoms with Gasteiger partial charge in [-0.3, -0.25) is 19.2 Å². The highest BCUT2D eigenvalue weighted by Crippen LogP contribution is 2.12. The van der Waals surface area contributed by atoms with E-state index in [0.29, 0.717) is 23.4 Å². The monoisotopic (exact) mass is 520 g/mol. The van der Waals surface area contributed by atoms with Crippen LogP contribution in [0.3, 0.4) is 0 Å². The second-order valence-corrected chi connectivity index (χ2v) is 9.22. The lowest BCUT2D eigenvalue weighted by Crippen LogP contribution is -2.58. The second-order valence-electron chi connectivity index (χ2n) is 8.23. The van der Waals surface area contributed by atoms with E-state index in [1.807, 2.05) is 6.26 Å². The Morgan fingerprint density at radius 3 is 2.22 bits per heavy atom. The molecule has 4 unspecified atom stereocenters. The van der Waals surface area contributed by atoms with Gasteiger partial charge < -0.3 is 36.9 Å². The van der Waals surface area contributed by atoms with Gasteiger partial charge in [0, 0.05) is 24.7 Å². The topological polar surface area (TPSA) is 200 Å². The minimum Gasteiger partial charge on any atom is -0.508 e. The van der Waals surface area contributed by atoms with Gasteiger partial charge in [-0.25, -0.2) is 4.98 Å². The van der Waals surface area contributed by atoms with E-state index < -0.39 is 47.9 Å². The molecule has 2 rings (SSSR count). The molecule has 4 atom stereocenters. The number of H-pyrrole nitrogens is 1. The molecule has 0 aliphatic heterocycles. The number of imidazole rings is 1. The van der Waals surface area contributed by atoms with Crippen LogP contribution in [0.4, 0.5) is 0 Å². The Morgan fingerprint density at radius 2 is 1.64 bits per heavy atom. The molecule has 3 amide bonds. The fourth-order valence-electron chi connectivity index (χ4n) is 3.21. The van der Waals surface area contributed by atoms with E-state index in [9.17, 15) is 24.3 Å². The van der Waals surface area contributed by atoms with Gasteiger partial charge in [-0.1, -0.05) is 12.1 Å². The van der Waals surface area contributed by atoms with E-state index >= 15 is 0 Å². The predicted molar refractivity (Wildman–Crippen MR) is 134 cm³/mol. The second kappa shape index (κ2) is 14.1. The number of carbonyl (C=O) groups is 4. The minimum atomic E-state index is -1.23. The van der Waals surface area contributed by atoms with Crippen molar-refractivity contribution in [3.63, 3.8) is 0 Å². The number of nitrogens with one attached hydrogen (secondary N) is 4. The van der Waals surface area contributed by atoms with E-state index in [4.69, 9.17) is 10.8 Å². The normalized spacial score (nSPS) is 14.2. The molecule has 0 spiro atoms. The largest absolute Gasteiger partial charge is 0.508 e. The molecule has 0 radical (unpaired) electrons. The van der Waals surface area contributed by atoms with Gasteiger partial charge in [0.15, 0.2) is 0 Å². The molecule has 0 saturated heterocycles. The lowest BCUT2D eigenvalue weighted by atomic mass is 10.0. The zero-order valence-electron chi connectivity index (χ0n) is 20.1. The maximum absolute atomic E-state index is 13.3. The van der Waals surface area contributed by atoms with Crippen molar-refractivity contribution in [1.29, 1.82) is 0 Å². The van der Waals surface area contributed by atoms with Gasteiger partial charge in [0.25, 0.3) is 0 Å². The number of hydrogen-bond donors (Lipinski definition) is 7. The third kappa shape index (κ3) is 9.23. The molecule has 1 aromatic carbocycles. The molecular formula is C23H32N6O6S. The van der Waals surface area contributed by atoms with Gasteiger partial charge in [-0.2, -0.15) is 11.8 Å². The zero-order valence-corrected chi connectivity index (χ0v) is 20.9. The Kier molecular flexibility index (Phi) is 11.2. The highest BCUT2D eigenvalue weighted by Gasteiger charge is 2.30. The Labute approximate surface area is 212 Å². The summed E-state index contributed by atoms with van der Waals surface area (Å²) >= 11 is 1.54. The fourth-order valence-corrected chi connectivity index (χ4v) is 3.69. The van der Waals surface area contributed by atoms with Crippen molar-refractivity contribution in [2.24, 2.45) is 5.73 Å². The third-order valence-corrected chi connectivity index (χ3v) is 5.96. The molecule has 0 aliphatic rings.